The minimum Gasteiger partial charge on any atom is -0.368 e. The molecule has 1 aliphatic heterocycles. The molecule has 1 fully saturated rings. The standard InChI is InChI=1S/C19H34O3/c1-7-12(3)13(4)9-17(20)10-14(5)18-11-16(8-2)15(6)22-19(18)21/h7,12-16,18-19,21H,1,8-11H2,2-6H3/t12-,13+,14+,15+,16+,18+,19+/m1/s1. The Kier molecular flexibility index (Phi) is 7.78. The molecule has 0 radical (unpaired) electrons. The number of carbonyl (C=O) groups excluding carboxylic acids is 1. The summed E-state index contributed by atoms with van der Waals surface area (Å²) < 4.78 is 5.67. The van der Waals surface area contributed by atoms with Gasteiger partial charge < -0.3 is 9.84 Å². The molecule has 0 aliphatic carbocycles. The van der Waals surface area contributed by atoms with Crippen molar-refractivity contribution in [3.8, 4) is 0 Å². The fraction of sp³-hybridized carbons (Fsp3) is 0.842. The molecule has 0 bridgehead atoms. The van der Waals surface area contributed by atoms with Gasteiger partial charge in [0.1, 0.15) is 5.78 Å². The number of aliphatic hydroxyl groups excluding tert-OH is 1. The van der Waals surface area contributed by atoms with E-state index in [1.54, 1.807) is 0 Å². The van der Waals surface area contributed by atoms with Crippen LogP contribution in [0.2, 0.25) is 0 Å². The normalized spacial score (nSPS) is 33.0. The summed E-state index contributed by atoms with van der Waals surface area (Å²) in [6, 6.07) is 0. The lowest BCUT2D eigenvalue weighted by molar-refractivity contribution is -0.217. The average molecular weight is 310 g/mol. The van der Waals surface area contributed by atoms with Gasteiger partial charge in [0.15, 0.2) is 6.29 Å². The minimum atomic E-state index is -0.731. The number of carbonyl (C=O) groups is 1. The number of rotatable bonds is 8. The van der Waals surface area contributed by atoms with Gasteiger partial charge in [-0.3, -0.25) is 4.79 Å². The first-order valence-corrected chi connectivity index (χ1v) is 8.77. The molecule has 22 heavy (non-hydrogen) atoms. The van der Waals surface area contributed by atoms with Crippen LogP contribution in [-0.2, 0) is 9.53 Å². The van der Waals surface area contributed by atoms with Gasteiger partial charge in [-0.25, -0.2) is 0 Å². The fourth-order valence-electron chi connectivity index (χ4n) is 3.47. The summed E-state index contributed by atoms with van der Waals surface area (Å²) in [6.45, 7) is 14.3. The van der Waals surface area contributed by atoms with Crippen molar-refractivity contribution in [2.75, 3.05) is 0 Å². The molecule has 0 amide bonds. The zero-order valence-electron chi connectivity index (χ0n) is 14.9. The number of hydrogen-bond acceptors (Lipinski definition) is 3. The largest absolute Gasteiger partial charge is 0.368 e. The first kappa shape index (κ1) is 19.4. The zero-order valence-corrected chi connectivity index (χ0v) is 14.9. The van der Waals surface area contributed by atoms with E-state index in [9.17, 15) is 9.90 Å². The number of ether oxygens (including phenoxy) is 1. The Morgan fingerprint density at radius 1 is 1.36 bits per heavy atom. The van der Waals surface area contributed by atoms with Crippen LogP contribution in [0.25, 0.3) is 0 Å². The number of Topliss-reactive ketones (excluding diaryl/α,β-unsaturated/α-hetero) is 1. The van der Waals surface area contributed by atoms with Crippen LogP contribution in [0.1, 0.15) is 60.3 Å². The van der Waals surface area contributed by atoms with Crippen LogP contribution < -0.4 is 0 Å². The molecule has 0 aromatic carbocycles. The van der Waals surface area contributed by atoms with Crippen LogP contribution in [0.4, 0.5) is 0 Å². The van der Waals surface area contributed by atoms with Crippen molar-refractivity contribution >= 4 is 5.78 Å². The van der Waals surface area contributed by atoms with Gasteiger partial charge in [0.05, 0.1) is 6.10 Å². The Labute approximate surface area is 136 Å². The van der Waals surface area contributed by atoms with Crippen molar-refractivity contribution in [3.05, 3.63) is 12.7 Å². The van der Waals surface area contributed by atoms with E-state index in [4.69, 9.17) is 4.74 Å². The molecule has 0 aromatic rings. The lowest BCUT2D eigenvalue weighted by Gasteiger charge is -2.40. The molecule has 1 rings (SSSR count). The molecular weight excluding hydrogens is 276 g/mol. The molecule has 0 saturated carbocycles. The first-order chi connectivity index (χ1) is 10.3. The van der Waals surface area contributed by atoms with Crippen molar-refractivity contribution in [2.24, 2.45) is 29.6 Å². The molecule has 1 heterocycles. The zero-order chi connectivity index (χ0) is 16.9. The van der Waals surface area contributed by atoms with E-state index in [1.165, 1.54) is 0 Å². The number of allylic oxidation sites excluding steroid dienone is 1. The number of hydrogen-bond donors (Lipinski definition) is 1. The molecule has 1 saturated heterocycles. The van der Waals surface area contributed by atoms with Gasteiger partial charge in [0.25, 0.3) is 0 Å². The van der Waals surface area contributed by atoms with E-state index >= 15 is 0 Å². The SMILES string of the molecule is C=C[C@@H](C)[C@@H](C)CC(=O)C[C@H](C)[C@@H]1C[C@H](CC)[C@H](C)O[C@@H]1O. The predicted octanol–water partition coefficient (Wildman–Crippen LogP) is 4.20. The highest BCUT2D eigenvalue weighted by Crippen LogP contribution is 2.36. The van der Waals surface area contributed by atoms with Crippen LogP contribution in [0.5, 0.6) is 0 Å². The van der Waals surface area contributed by atoms with E-state index in [0.717, 1.165) is 12.8 Å². The molecule has 0 unspecified atom stereocenters. The molecule has 3 heteroatoms. The third-order valence-electron chi connectivity index (χ3n) is 5.58. The summed E-state index contributed by atoms with van der Waals surface area (Å²) in [5, 5.41) is 10.2. The van der Waals surface area contributed by atoms with Crippen LogP contribution in [0.15, 0.2) is 12.7 Å². The maximum absolute atomic E-state index is 12.3. The summed E-state index contributed by atoms with van der Waals surface area (Å²) in [5.41, 5.74) is 0. The Morgan fingerprint density at radius 2 is 2.00 bits per heavy atom. The molecule has 128 valence electrons. The Hall–Kier alpha value is -0.670. The number of ketones is 1. The monoisotopic (exact) mass is 310 g/mol. The summed E-state index contributed by atoms with van der Waals surface area (Å²) in [7, 11) is 0. The summed E-state index contributed by atoms with van der Waals surface area (Å²) in [4.78, 5) is 12.3. The molecule has 0 spiro atoms. The summed E-state index contributed by atoms with van der Waals surface area (Å²) >= 11 is 0. The summed E-state index contributed by atoms with van der Waals surface area (Å²) in [5.74, 6) is 1.67. The average Bonchev–Trinajstić information content (AvgIpc) is 2.45. The van der Waals surface area contributed by atoms with Gasteiger partial charge in [0.2, 0.25) is 0 Å². The molecule has 7 atom stereocenters. The number of aliphatic hydroxyl groups is 1. The highest BCUT2D eigenvalue weighted by atomic mass is 16.6. The lowest BCUT2D eigenvalue weighted by atomic mass is 9.77. The molecule has 0 aromatic heterocycles. The van der Waals surface area contributed by atoms with E-state index < -0.39 is 6.29 Å². The van der Waals surface area contributed by atoms with E-state index in [1.807, 2.05) is 13.0 Å². The highest BCUT2D eigenvalue weighted by Gasteiger charge is 2.37. The first-order valence-electron chi connectivity index (χ1n) is 8.77. The summed E-state index contributed by atoms with van der Waals surface area (Å²) in [6.07, 6.45) is 4.41. The van der Waals surface area contributed by atoms with Crippen molar-refractivity contribution in [3.63, 3.8) is 0 Å². The lowest BCUT2D eigenvalue weighted by Crippen LogP contribution is -2.42. The van der Waals surface area contributed by atoms with Crippen LogP contribution in [0, 0.1) is 29.6 Å². The van der Waals surface area contributed by atoms with Crippen LogP contribution in [-0.4, -0.2) is 23.3 Å². The van der Waals surface area contributed by atoms with Gasteiger partial charge in [-0.05, 0) is 37.0 Å². The predicted molar refractivity (Wildman–Crippen MR) is 90.4 cm³/mol. The highest BCUT2D eigenvalue weighted by molar-refractivity contribution is 5.78. The van der Waals surface area contributed by atoms with Gasteiger partial charge in [-0.1, -0.05) is 40.2 Å². The van der Waals surface area contributed by atoms with Crippen molar-refractivity contribution < 1.29 is 14.6 Å². The Bertz CT molecular complexity index is 366. The van der Waals surface area contributed by atoms with Crippen LogP contribution >= 0.6 is 0 Å². The maximum Gasteiger partial charge on any atom is 0.157 e. The maximum atomic E-state index is 12.3. The van der Waals surface area contributed by atoms with E-state index in [-0.39, 0.29) is 23.7 Å². The smallest absolute Gasteiger partial charge is 0.157 e. The van der Waals surface area contributed by atoms with Gasteiger partial charge >= 0.3 is 0 Å². The second kappa shape index (κ2) is 8.83. The second-order valence-electron chi connectivity index (χ2n) is 7.30. The van der Waals surface area contributed by atoms with Crippen molar-refractivity contribution in [1.29, 1.82) is 0 Å². The van der Waals surface area contributed by atoms with Crippen molar-refractivity contribution in [2.45, 2.75) is 72.7 Å². The molecule has 1 aliphatic rings. The topological polar surface area (TPSA) is 46.5 Å². The van der Waals surface area contributed by atoms with E-state index in [2.05, 4.69) is 34.3 Å². The Morgan fingerprint density at radius 3 is 2.55 bits per heavy atom. The fourth-order valence-corrected chi connectivity index (χ4v) is 3.47. The Balaban J connectivity index is 2.54. The minimum absolute atomic E-state index is 0.0669. The van der Waals surface area contributed by atoms with Gasteiger partial charge in [-0.15, -0.1) is 6.58 Å². The van der Waals surface area contributed by atoms with Gasteiger partial charge in [0, 0.05) is 18.8 Å². The van der Waals surface area contributed by atoms with Gasteiger partial charge in [-0.2, -0.15) is 0 Å². The third kappa shape index (κ3) is 5.20. The quantitative estimate of drug-likeness (QED) is 0.683. The van der Waals surface area contributed by atoms with Crippen molar-refractivity contribution in [1.82, 2.24) is 0 Å². The molecule has 1 N–H and O–H groups in total. The third-order valence-corrected chi connectivity index (χ3v) is 5.58. The molecular formula is C19H34O3. The second-order valence-corrected chi connectivity index (χ2v) is 7.30. The van der Waals surface area contributed by atoms with Crippen LogP contribution in [0.3, 0.4) is 0 Å². The van der Waals surface area contributed by atoms with E-state index in [0.29, 0.717) is 30.6 Å². The molecule has 3 nitrogen and oxygen atoms in total.